The SMILES string of the molecule is CCOc1ccc2nc(N(Cc3ccccn3)C(=O)c3ccc(S(=O)(=O)N4CC(C)CC(C)C4)cc3)sc2c1. The Bertz CT molecular complexity index is 1550. The summed E-state index contributed by atoms with van der Waals surface area (Å²) in [6.07, 6.45) is 2.71. The van der Waals surface area contributed by atoms with Crippen LogP contribution in [-0.4, -0.2) is 48.3 Å². The van der Waals surface area contributed by atoms with Crippen molar-refractivity contribution >= 4 is 42.6 Å². The van der Waals surface area contributed by atoms with Crippen LogP contribution >= 0.6 is 11.3 Å². The number of nitrogens with zero attached hydrogens (tertiary/aromatic N) is 4. The van der Waals surface area contributed by atoms with E-state index in [1.165, 1.54) is 23.5 Å². The van der Waals surface area contributed by atoms with Crippen LogP contribution in [-0.2, 0) is 16.6 Å². The van der Waals surface area contributed by atoms with E-state index in [0.717, 1.165) is 22.4 Å². The number of rotatable bonds is 8. The predicted octanol–water partition coefficient (Wildman–Crippen LogP) is 5.60. The number of ether oxygens (including phenoxy) is 1. The summed E-state index contributed by atoms with van der Waals surface area (Å²) in [6.45, 7) is 7.89. The van der Waals surface area contributed by atoms with Gasteiger partial charge in [-0.05, 0) is 79.8 Å². The van der Waals surface area contributed by atoms with E-state index in [4.69, 9.17) is 9.72 Å². The monoisotopic (exact) mass is 564 g/mol. The molecule has 4 aromatic rings. The number of hydrogen-bond donors (Lipinski definition) is 0. The number of pyridine rings is 1. The van der Waals surface area contributed by atoms with Crippen molar-refractivity contribution in [1.29, 1.82) is 0 Å². The summed E-state index contributed by atoms with van der Waals surface area (Å²) in [7, 11) is -3.64. The average molecular weight is 565 g/mol. The van der Waals surface area contributed by atoms with Crippen LogP contribution in [0.3, 0.4) is 0 Å². The molecule has 0 bridgehead atoms. The highest BCUT2D eigenvalue weighted by molar-refractivity contribution is 7.89. The van der Waals surface area contributed by atoms with Gasteiger partial charge in [0.15, 0.2) is 5.13 Å². The van der Waals surface area contributed by atoms with Gasteiger partial charge in [0.1, 0.15) is 5.75 Å². The van der Waals surface area contributed by atoms with Crippen LogP contribution in [0.1, 0.15) is 43.2 Å². The van der Waals surface area contributed by atoms with E-state index in [0.29, 0.717) is 47.9 Å². The maximum atomic E-state index is 13.8. The lowest BCUT2D eigenvalue weighted by molar-refractivity contribution is 0.0984. The first-order chi connectivity index (χ1) is 18.7. The Morgan fingerprint density at radius 2 is 1.82 bits per heavy atom. The third kappa shape index (κ3) is 5.98. The molecule has 2 aromatic carbocycles. The molecule has 39 heavy (non-hydrogen) atoms. The molecular formula is C29H32N4O4S2. The molecule has 0 radical (unpaired) electrons. The van der Waals surface area contributed by atoms with E-state index in [9.17, 15) is 13.2 Å². The Kier molecular flexibility index (Phi) is 7.97. The zero-order valence-corrected chi connectivity index (χ0v) is 23.9. The molecule has 10 heteroatoms. The third-order valence-electron chi connectivity index (χ3n) is 6.76. The second kappa shape index (κ2) is 11.4. The van der Waals surface area contributed by atoms with Gasteiger partial charge in [0.05, 0.1) is 34.0 Å². The molecule has 0 N–H and O–H groups in total. The molecule has 2 atom stereocenters. The second-order valence-electron chi connectivity index (χ2n) is 10.1. The molecule has 204 valence electrons. The molecule has 1 fully saturated rings. The molecule has 0 saturated carbocycles. The largest absolute Gasteiger partial charge is 0.494 e. The van der Waals surface area contributed by atoms with Crippen molar-refractivity contribution in [2.45, 2.75) is 38.6 Å². The second-order valence-corrected chi connectivity index (χ2v) is 13.0. The lowest BCUT2D eigenvalue weighted by Gasteiger charge is -2.34. The molecule has 1 amide bonds. The highest BCUT2D eigenvalue weighted by atomic mass is 32.2. The first-order valence-electron chi connectivity index (χ1n) is 13.1. The fourth-order valence-electron chi connectivity index (χ4n) is 5.02. The maximum absolute atomic E-state index is 13.8. The van der Waals surface area contributed by atoms with E-state index >= 15 is 0 Å². The molecule has 0 aliphatic carbocycles. The van der Waals surface area contributed by atoms with Gasteiger partial charge in [-0.3, -0.25) is 14.7 Å². The van der Waals surface area contributed by atoms with Crippen LogP contribution in [0.4, 0.5) is 5.13 Å². The summed E-state index contributed by atoms with van der Waals surface area (Å²) in [4.78, 5) is 24.7. The van der Waals surface area contributed by atoms with E-state index in [-0.39, 0.29) is 17.3 Å². The summed E-state index contributed by atoms with van der Waals surface area (Å²) in [6, 6.07) is 17.4. The van der Waals surface area contributed by atoms with Crippen LogP contribution in [0.15, 0.2) is 71.8 Å². The smallest absolute Gasteiger partial charge is 0.260 e. The first-order valence-corrected chi connectivity index (χ1v) is 15.4. The van der Waals surface area contributed by atoms with Gasteiger partial charge in [-0.25, -0.2) is 13.4 Å². The average Bonchev–Trinajstić information content (AvgIpc) is 3.35. The van der Waals surface area contributed by atoms with Crippen molar-refractivity contribution in [3.05, 3.63) is 78.1 Å². The maximum Gasteiger partial charge on any atom is 0.260 e. The molecule has 1 aliphatic rings. The Balaban J connectivity index is 1.45. The fourth-order valence-corrected chi connectivity index (χ4v) is 7.69. The van der Waals surface area contributed by atoms with Crippen molar-refractivity contribution < 1.29 is 17.9 Å². The highest BCUT2D eigenvalue weighted by Crippen LogP contribution is 2.33. The van der Waals surface area contributed by atoms with Crippen molar-refractivity contribution in [2.24, 2.45) is 11.8 Å². The van der Waals surface area contributed by atoms with Crippen molar-refractivity contribution in [3.63, 3.8) is 0 Å². The normalized spacial score (nSPS) is 18.2. The van der Waals surface area contributed by atoms with Crippen LogP contribution in [0.2, 0.25) is 0 Å². The van der Waals surface area contributed by atoms with E-state index in [1.54, 1.807) is 27.5 Å². The number of thiazole rings is 1. The number of fused-ring (bicyclic) bond motifs is 1. The fraction of sp³-hybridized carbons (Fsp3) is 0.345. The van der Waals surface area contributed by atoms with Crippen LogP contribution in [0, 0.1) is 11.8 Å². The van der Waals surface area contributed by atoms with Gasteiger partial charge < -0.3 is 4.74 Å². The molecule has 3 heterocycles. The van der Waals surface area contributed by atoms with E-state index in [2.05, 4.69) is 18.8 Å². The van der Waals surface area contributed by atoms with Gasteiger partial charge in [0, 0.05) is 24.8 Å². The van der Waals surface area contributed by atoms with Crippen molar-refractivity contribution in [3.8, 4) is 5.75 Å². The minimum atomic E-state index is -3.64. The minimum Gasteiger partial charge on any atom is -0.494 e. The standard InChI is InChI=1S/C29H32N4O4S2/c1-4-37-24-10-13-26-27(16-24)38-29(31-26)33(19-23-7-5-6-14-30-23)28(34)22-8-11-25(12-9-22)39(35,36)32-17-20(2)15-21(3)18-32/h5-14,16,20-21H,4,15,17-19H2,1-3H3. The Hall–Kier alpha value is -3.34. The lowest BCUT2D eigenvalue weighted by atomic mass is 9.94. The number of piperidine rings is 1. The Morgan fingerprint density at radius 3 is 2.49 bits per heavy atom. The predicted molar refractivity (Wildman–Crippen MR) is 154 cm³/mol. The first kappa shape index (κ1) is 27.2. The topological polar surface area (TPSA) is 92.7 Å². The van der Waals surface area contributed by atoms with Crippen molar-refractivity contribution in [1.82, 2.24) is 14.3 Å². The molecule has 5 rings (SSSR count). The van der Waals surface area contributed by atoms with Gasteiger partial charge in [0.25, 0.3) is 5.91 Å². The molecule has 8 nitrogen and oxygen atoms in total. The van der Waals surface area contributed by atoms with Gasteiger partial charge in [-0.2, -0.15) is 4.31 Å². The number of amides is 1. The third-order valence-corrected chi connectivity index (χ3v) is 9.64. The summed E-state index contributed by atoms with van der Waals surface area (Å²) in [5, 5.41) is 0.530. The van der Waals surface area contributed by atoms with Crippen LogP contribution < -0.4 is 9.64 Å². The van der Waals surface area contributed by atoms with Gasteiger partial charge in [-0.1, -0.05) is 31.3 Å². The van der Waals surface area contributed by atoms with Crippen molar-refractivity contribution in [2.75, 3.05) is 24.6 Å². The number of hydrogen-bond acceptors (Lipinski definition) is 7. The molecule has 1 aliphatic heterocycles. The molecule has 0 spiro atoms. The Morgan fingerprint density at radius 1 is 1.08 bits per heavy atom. The number of aromatic nitrogens is 2. The quantitative estimate of drug-likeness (QED) is 0.277. The summed E-state index contributed by atoms with van der Waals surface area (Å²) in [5.74, 6) is 1.08. The van der Waals surface area contributed by atoms with E-state index < -0.39 is 10.0 Å². The van der Waals surface area contributed by atoms with Crippen LogP contribution in [0.5, 0.6) is 5.75 Å². The zero-order valence-electron chi connectivity index (χ0n) is 22.3. The Labute approximate surface area is 233 Å². The molecule has 1 saturated heterocycles. The number of carbonyl (C=O) groups is 1. The summed E-state index contributed by atoms with van der Waals surface area (Å²) >= 11 is 1.40. The van der Waals surface area contributed by atoms with E-state index in [1.807, 2.05) is 43.3 Å². The summed E-state index contributed by atoms with van der Waals surface area (Å²) in [5.41, 5.74) is 1.86. The minimum absolute atomic E-state index is 0.195. The molecule has 2 unspecified atom stereocenters. The highest BCUT2D eigenvalue weighted by Gasteiger charge is 2.32. The molecule has 2 aromatic heterocycles. The zero-order chi connectivity index (χ0) is 27.6. The van der Waals surface area contributed by atoms with Gasteiger partial charge >= 0.3 is 0 Å². The summed E-state index contributed by atoms with van der Waals surface area (Å²) < 4.78 is 34.8. The van der Waals surface area contributed by atoms with Crippen LogP contribution in [0.25, 0.3) is 10.2 Å². The number of benzene rings is 2. The number of carbonyl (C=O) groups excluding carboxylic acids is 1. The number of anilines is 1. The number of sulfonamides is 1. The van der Waals surface area contributed by atoms with Gasteiger partial charge in [0.2, 0.25) is 10.0 Å². The lowest BCUT2D eigenvalue weighted by Crippen LogP contribution is -2.42. The molecular weight excluding hydrogens is 532 g/mol. The van der Waals surface area contributed by atoms with Gasteiger partial charge in [-0.15, -0.1) is 0 Å².